The summed E-state index contributed by atoms with van der Waals surface area (Å²) in [7, 11) is 0. The molecule has 1 saturated heterocycles. The highest BCUT2D eigenvalue weighted by molar-refractivity contribution is 5.68. The van der Waals surface area contributed by atoms with E-state index in [1.165, 1.54) is 4.90 Å². The average molecular weight is 364 g/mol. The van der Waals surface area contributed by atoms with Gasteiger partial charge >= 0.3 is 6.09 Å². The maximum absolute atomic E-state index is 11.6. The molecule has 0 saturated carbocycles. The minimum atomic E-state index is -0.902. The molecule has 1 aromatic heterocycles. The topological polar surface area (TPSA) is 62.7 Å². The van der Waals surface area contributed by atoms with E-state index >= 15 is 0 Å². The molecule has 2 aromatic rings. The molecule has 1 aromatic carbocycles. The van der Waals surface area contributed by atoms with E-state index in [9.17, 15) is 9.90 Å². The summed E-state index contributed by atoms with van der Waals surface area (Å²) >= 11 is 0. The molecule has 5 nitrogen and oxygen atoms in total. The fourth-order valence-corrected chi connectivity index (χ4v) is 3.35. The highest BCUT2D eigenvalue weighted by Gasteiger charge is 2.55. The lowest BCUT2D eigenvalue weighted by Gasteiger charge is -2.57. The molecule has 1 fully saturated rings. The molecule has 1 N–H and O–H groups in total. The van der Waals surface area contributed by atoms with Gasteiger partial charge in [0.05, 0.1) is 11.7 Å². The molecule has 0 aliphatic carbocycles. The largest absolute Gasteiger partial charge is 0.489 e. The zero-order chi connectivity index (χ0) is 19.5. The van der Waals surface area contributed by atoms with Gasteiger partial charge in [-0.15, -0.1) is 0 Å². The monoisotopic (exact) mass is 364 g/mol. The molecule has 5 heteroatoms. The van der Waals surface area contributed by atoms with Gasteiger partial charge in [-0.2, -0.15) is 0 Å². The number of pyridine rings is 1. The molecule has 3 rings (SSSR count). The SMILES string of the molecule is CC(C)(C)C1(COc2cncc(C#Cc3ccccc3)c2)CCN1C(=O)O. The predicted octanol–water partition coefficient (Wildman–Crippen LogP) is 4.03. The Bertz CT molecular complexity index is 878. The molecule has 1 amide bonds. The standard InChI is InChI=1S/C22H24N2O3/c1-21(2,3)22(11-12-24(22)20(25)26)16-27-19-13-18(14-23-15-19)10-9-17-7-5-4-6-8-17/h4-8,13-15H,11-12,16H2,1-3H3,(H,25,26). The minimum absolute atomic E-state index is 0.234. The van der Waals surface area contributed by atoms with Crippen molar-refractivity contribution in [3.63, 3.8) is 0 Å². The Hall–Kier alpha value is -3.00. The van der Waals surface area contributed by atoms with Gasteiger partial charge < -0.3 is 9.84 Å². The Kier molecular flexibility index (Phi) is 5.09. The molecule has 0 spiro atoms. The molecule has 0 bridgehead atoms. The summed E-state index contributed by atoms with van der Waals surface area (Å²) in [5.41, 5.74) is 0.915. The molecule has 1 atom stereocenters. The maximum atomic E-state index is 11.6. The number of hydrogen-bond donors (Lipinski definition) is 1. The molecule has 27 heavy (non-hydrogen) atoms. The van der Waals surface area contributed by atoms with E-state index in [1.54, 1.807) is 12.4 Å². The average Bonchev–Trinajstić information content (AvgIpc) is 2.59. The Morgan fingerprint density at radius 1 is 1.22 bits per heavy atom. The van der Waals surface area contributed by atoms with E-state index in [1.807, 2.05) is 57.2 Å². The van der Waals surface area contributed by atoms with Gasteiger partial charge in [0.15, 0.2) is 0 Å². The first-order valence-corrected chi connectivity index (χ1v) is 8.97. The molecular formula is C22H24N2O3. The van der Waals surface area contributed by atoms with Crippen molar-refractivity contribution < 1.29 is 14.6 Å². The van der Waals surface area contributed by atoms with Gasteiger partial charge in [-0.3, -0.25) is 9.88 Å². The van der Waals surface area contributed by atoms with E-state index in [2.05, 4.69) is 16.8 Å². The van der Waals surface area contributed by atoms with E-state index < -0.39 is 11.6 Å². The highest BCUT2D eigenvalue weighted by atomic mass is 16.5. The van der Waals surface area contributed by atoms with Crippen LogP contribution in [0.15, 0.2) is 48.8 Å². The first kappa shape index (κ1) is 18.8. The van der Waals surface area contributed by atoms with Crippen molar-refractivity contribution in [2.24, 2.45) is 5.41 Å². The lowest BCUT2D eigenvalue weighted by Crippen LogP contribution is -2.70. The summed E-state index contributed by atoms with van der Waals surface area (Å²) < 4.78 is 5.98. The van der Waals surface area contributed by atoms with Crippen LogP contribution in [0.2, 0.25) is 0 Å². The Labute approximate surface area is 160 Å². The van der Waals surface area contributed by atoms with Crippen molar-refractivity contribution in [2.75, 3.05) is 13.2 Å². The normalized spacial score (nSPS) is 18.9. The lowest BCUT2D eigenvalue weighted by atomic mass is 9.66. The summed E-state index contributed by atoms with van der Waals surface area (Å²) in [6, 6.07) is 11.6. The number of rotatable bonds is 3. The van der Waals surface area contributed by atoms with Crippen LogP contribution in [0.3, 0.4) is 0 Å². The predicted molar refractivity (Wildman–Crippen MR) is 104 cm³/mol. The molecule has 1 aliphatic heterocycles. The lowest BCUT2D eigenvalue weighted by molar-refractivity contribution is -0.0962. The van der Waals surface area contributed by atoms with Crippen molar-refractivity contribution in [2.45, 2.75) is 32.7 Å². The number of aromatic nitrogens is 1. The van der Waals surface area contributed by atoms with Crippen LogP contribution in [0, 0.1) is 17.3 Å². The van der Waals surface area contributed by atoms with Gasteiger partial charge in [0.25, 0.3) is 0 Å². The zero-order valence-electron chi connectivity index (χ0n) is 15.9. The van der Waals surface area contributed by atoms with Gasteiger partial charge in [-0.05, 0) is 30.0 Å². The Balaban J connectivity index is 1.75. The first-order valence-electron chi connectivity index (χ1n) is 8.97. The number of carboxylic acid groups (broad SMARTS) is 1. The molecule has 0 radical (unpaired) electrons. The first-order chi connectivity index (χ1) is 12.8. The molecule has 2 heterocycles. The van der Waals surface area contributed by atoms with Crippen LogP contribution in [0.1, 0.15) is 38.3 Å². The van der Waals surface area contributed by atoms with Gasteiger partial charge in [0.1, 0.15) is 12.4 Å². The van der Waals surface area contributed by atoms with Crippen LogP contribution in [0.5, 0.6) is 5.75 Å². The molecule has 1 unspecified atom stereocenters. The van der Waals surface area contributed by atoms with Gasteiger partial charge in [-0.25, -0.2) is 4.79 Å². The van der Waals surface area contributed by atoms with E-state index in [0.717, 1.165) is 17.5 Å². The number of likely N-dealkylation sites (tertiary alicyclic amines) is 1. The fraction of sp³-hybridized carbons (Fsp3) is 0.364. The Morgan fingerprint density at radius 2 is 1.93 bits per heavy atom. The van der Waals surface area contributed by atoms with Gasteiger partial charge in [0.2, 0.25) is 0 Å². The van der Waals surface area contributed by atoms with Crippen molar-refractivity contribution in [3.8, 4) is 17.6 Å². The van der Waals surface area contributed by atoms with Crippen LogP contribution >= 0.6 is 0 Å². The van der Waals surface area contributed by atoms with Crippen molar-refractivity contribution >= 4 is 6.09 Å². The van der Waals surface area contributed by atoms with Crippen LogP contribution in [-0.2, 0) is 0 Å². The second-order valence-electron chi connectivity index (χ2n) is 7.78. The van der Waals surface area contributed by atoms with E-state index in [4.69, 9.17) is 4.74 Å². The van der Waals surface area contributed by atoms with Crippen molar-refractivity contribution in [3.05, 3.63) is 59.9 Å². The second-order valence-corrected chi connectivity index (χ2v) is 7.78. The molecular weight excluding hydrogens is 340 g/mol. The van der Waals surface area contributed by atoms with Crippen LogP contribution in [0.4, 0.5) is 4.79 Å². The summed E-state index contributed by atoms with van der Waals surface area (Å²) in [5.74, 6) is 6.78. The van der Waals surface area contributed by atoms with Gasteiger partial charge in [-0.1, -0.05) is 50.8 Å². The third-order valence-electron chi connectivity index (χ3n) is 5.21. The zero-order valence-corrected chi connectivity index (χ0v) is 15.9. The van der Waals surface area contributed by atoms with Gasteiger partial charge in [0, 0.05) is 23.9 Å². The fourth-order valence-electron chi connectivity index (χ4n) is 3.35. The Morgan fingerprint density at radius 3 is 2.52 bits per heavy atom. The van der Waals surface area contributed by atoms with Crippen LogP contribution in [0.25, 0.3) is 0 Å². The highest BCUT2D eigenvalue weighted by Crippen LogP contribution is 2.45. The number of nitrogens with zero attached hydrogens (tertiary/aromatic N) is 2. The smallest absolute Gasteiger partial charge is 0.407 e. The van der Waals surface area contributed by atoms with Crippen molar-refractivity contribution in [1.82, 2.24) is 9.88 Å². The van der Waals surface area contributed by atoms with Crippen molar-refractivity contribution in [1.29, 1.82) is 0 Å². The van der Waals surface area contributed by atoms with Crippen LogP contribution < -0.4 is 4.74 Å². The number of amides is 1. The third kappa shape index (κ3) is 3.90. The minimum Gasteiger partial charge on any atom is -0.489 e. The second kappa shape index (κ2) is 7.32. The quantitative estimate of drug-likeness (QED) is 0.836. The summed E-state index contributed by atoms with van der Waals surface area (Å²) in [5, 5.41) is 9.49. The number of carbonyl (C=O) groups is 1. The molecule has 1 aliphatic rings. The van der Waals surface area contributed by atoms with E-state index in [0.29, 0.717) is 18.9 Å². The number of benzene rings is 1. The maximum Gasteiger partial charge on any atom is 0.407 e. The van der Waals surface area contributed by atoms with Crippen LogP contribution in [-0.4, -0.2) is 39.8 Å². The molecule has 140 valence electrons. The summed E-state index contributed by atoms with van der Waals surface area (Å²) in [6.07, 6.45) is 3.20. The summed E-state index contributed by atoms with van der Waals surface area (Å²) in [4.78, 5) is 17.3. The summed E-state index contributed by atoms with van der Waals surface area (Å²) in [6.45, 7) is 6.97. The number of hydrogen-bond acceptors (Lipinski definition) is 3. The van der Waals surface area contributed by atoms with E-state index in [-0.39, 0.29) is 5.41 Å². The number of ether oxygens (including phenoxy) is 1. The third-order valence-corrected chi connectivity index (χ3v) is 5.21.